The summed E-state index contributed by atoms with van der Waals surface area (Å²) in [6.07, 6.45) is 0. The minimum absolute atomic E-state index is 0.145. The summed E-state index contributed by atoms with van der Waals surface area (Å²) in [7, 11) is 0. The number of nitrogens with zero attached hydrogens (tertiary/aromatic N) is 3. The first-order valence-electron chi connectivity index (χ1n) is 5.91. The summed E-state index contributed by atoms with van der Waals surface area (Å²) in [4.78, 5) is 12.2. The summed E-state index contributed by atoms with van der Waals surface area (Å²) in [6.45, 7) is 0.363. The van der Waals surface area contributed by atoms with E-state index >= 15 is 0 Å². The van der Waals surface area contributed by atoms with Crippen molar-refractivity contribution in [1.29, 1.82) is 0 Å². The standard InChI is InChI=1S/C14H12N4O/c15-11-5-3-4-10(8-11)9-18-14(19)12-6-1-2-7-13(12)16-17-18/h1-8H,9,15H2. The van der Waals surface area contributed by atoms with Gasteiger partial charge in [0.05, 0.1) is 11.9 Å². The van der Waals surface area contributed by atoms with E-state index in [1.54, 1.807) is 18.2 Å². The predicted octanol–water partition coefficient (Wildman–Crippen LogP) is 1.42. The molecule has 0 aliphatic carbocycles. The fraction of sp³-hybridized carbons (Fsp3) is 0.0714. The minimum Gasteiger partial charge on any atom is -0.399 e. The molecule has 0 aliphatic rings. The quantitative estimate of drug-likeness (QED) is 0.700. The zero-order valence-corrected chi connectivity index (χ0v) is 10.2. The second-order valence-electron chi connectivity index (χ2n) is 4.31. The van der Waals surface area contributed by atoms with Crippen LogP contribution < -0.4 is 11.3 Å². The van der Waals surface area contributed by atoms with Crippen LogP contribution in [-0.4, -0.2) is 15.0 Å². The van der Waals surface area contributed by atoms with Crippen LogP contribution in [0.5, 0.6) is 0 Å². The minimum atomic E-state index is -0.145. The van der Waals surface area contributed by atoms with Gasteiger partial charge in [-0.2, -0.15) is 0 Å². The molecule has 0 radical (unpaired) electrons. The molecule has 19 heavy (non-hydrogen) atoms. The molecular weight excluding hydrogens is 240 g/mol. The van der Waals surface area contributed by atoms with Crippen molar-refractivity contribution >= 4 is 16.6 Å². The van der Waals surface area contributed by atoms with E-state index in [9.17, 15) is 4.79 Å². The molecule has 0 atom stereocenters. The van der Waals surface area contributed by atoms with Crippen LogP contribution in [0, 0.1) is 0 Å². The normalized spacial score (nSPS) is 10.7. The van der Waals surface area contributed by atoms with Crippen LogP contribution in [0.25, 0.3) is 10.9 Å². The van der Waals surface area contributed by atoms with E-state index in [-0.39, 0.29) is 5.56 Å². The van der Waals surface area contributed by atoms with E-state index < -0.39 is 0 Å². The molecule has 2 aromatic carbocycles. The lowest BCUT2D eigenvalue weighted by atomic mass is 10.2. The van der Waals surface area contributed by atoms with E-state index in [0.717, 1.165) is 5.56 Å². The Balaban J connectivity index is 2.06. The lowest BCUT2D eigenvalue weighted by Crippen LogP contribution is -2.24. The highest BCUT2D eigenvalue weighted by molar-refractivity contribution is 5.76. The summed E-state index contributed by atoms with van der Waals surface area (Å²) >= 11 is 0. The molecule has 3 rings (SSSR count). The third kappa shape index (κ3) is 2.18. The van der Waals surface area contributed by atoms with Gasteiger partial charge in [-0.25, -0.2) is 4.68 Å². The van der Waals surface area contributed by atoms with Crippen LogP contribution in [-0.2, 0) is 6.54 Å². The van der Waals surface area contributed by atoms with Gasteiger partial charge in [-0.15, -0.1) is 5.10 Å². The van der Waals surface area contributed by atoms with E-state index in [4.69, 9.17) is 5.73 Å². The molecule has 1 aromatic heterocycles. The molecule has 5 nitrogen and oxygen atoms in total. The molecule has 0 saturated carbocycles. The molecule has 0 spiro atoms. The number of hydrogen-bond acceptors (Lipinski definition) is 4. The van der Waals surface area contributed by atoms with Gasteiger partial charge in [0, 0.05) is 5.69 Å². The number of fused-ring (bicyclic) bond motifs is 1. The highest BCUT2D eigenvalue weighted by atomic mass is 16.1. The topological polar surface area (TPSA) is 73.8 Å². The van der Waals surface area contributed by atoms with Crippen molar-refractivity contribution in [2.24, 2.45) is 0 Å². The number of anilines is 1. The first kappa shape index (κ1) is 11.4. The Hall–Kier alpha value is -2.69. The highest BCUT2D eigenvalue weighted by Crippen LogP contribution is 2.08. The fourth-order valence-corrected chi connectivity index (χ4v) is 1.99. The molecule has 0 saturated heterocycles. The van der Waals surface area contributed by atoms with Crippen molar-refractivity contribution in [3.8, 4) is 0 Å². The van der Waals surface area contributed by atoms with Crippen LogP contribution in [0.4, 0.5) is 5.69 Å². The van der Waals surface area contributed by atoms with Crippen molar-refractivity contribution in [3.05, 3.63) is 64.4 Å². The maximum atomic E-state index is 12.2. The third-order valence-electron chi connectivity index (χ3n) is 2.91. The Morgan fingerprint density at radius 1 is 1.11 bits per heavy atom. The van der Waals surface area contributed by atoms with Gasteiger partial charge in [0.2, 0.25) is 0 Å². The summed E-state index contributed by atoms with van der Waals surface area (Å²) in [6, 6.07) is 14.6. The van der Waals surface area contributed by atoms with Crippen LogP contribution in [0.15, 0.2) is 53.3 Å². The van der Waals surface area contributed by atoms with Crippen LogP contribution in [0.3, 0.4) is 0 Å². The predicted molar refractivity (Wildman–Crippen MR) is 73.8 cm³/mol. The van der Waals surface area contributed by atoms with Crippen molar-refractivity contribution in [2.45, 2.75) is 6.54 Å². The maximum Gasteiger partial charge on any atom is 0.277 e. The first-order valence-corrected chi connectivity index (χ1v) is 5.91. The number of nitrogens with two attached hydrogens (primary N) is 1. The average molecular weight is 252 g/mol. The average Bonchev–Trinajstić information content (AvgIpc) is 2.42. The summed E-state index contributed by atoms with van der Waals surface area (Å²) < 4.78 is 1.34. The van der Waals surface area contributed by atoms with Gasteiger partial charge in [-0.1, -0.05) is 29.5 Å². The lowest BCUT2D eigenvalue weighted by molar-refractivity contribution is 0.601. The van der Waals surface area contributed by atoms with Gasteiger partial charge < -0.3 is 5.73 Å². The lowest BCUT2D eigenvalue weighted by Gasteiger charge is -2.05. The van der Waals surface area contributed by atoms with Crippen molar-refractivity contribution < 1.29 is 0 Å². The smallest absolute Gasteiger partial charge is 0.277 e. The van der Waals surface area contributed by atoms with Crippen molar-refractivity contribution in [2.75, 3.05) is 5.73 Å². The van der Waals surface area contributed by atoms with Crippen LogP contribution in [0.2, 0.25) is 0 Å². The van der Waals surface area contributed by atoms with Gasteiger partial charge >= 0.3 is 0 Å². The maximum absolute atomic E-state index is 12.2. The second kappa shape index (κ2) is 4.53. The fourth-order valence-electron chi connectivity index (χ4n) is 1.99. The van der Waals surface area contributed by atoms with E-state index in [2.05, 4.69) is 10.3 Å². The molecule has 0 bridgehead atoms. The van der Waals surface area contributed by atoms with Crippen LogP contribution >= 0.6 is 0 Å². The van der Waals surface area contributed by atoms with E-state index in [0.29, 0.717) is 23.1 Å². The van der Waals surface area contributed by atoms with Gasteiger partial charge in [0.15, 0.2) is 0 Å². The summed E-state index contributed by atoms with van der Waals surface area (Å²) in [5.41, 5.74) is 7.77. The third-order valence-corrected chi connectivity index (χ3v) is 2.91. The molecule has 0 aliphatic heterocycles. The molecule has 0 fully saturated rings. The molecule has 0 unspecified atom stereocenters. The number of benzene rings is 2. The van der Waals surface area contributed by atoms with Crippen molar-refractivity contribution in [1.82, 2.24) is 15.0 Å². The molecule has 3 aromatic rings. The Morgan fingerprint density at radius 2 is 1.95 bits per heavy atom. The number of aromatic nitrogens is 3. The largest absolute Gasteiger partial charge is 0.399 e. The van der Waals surface area contributed by atoms with Gasteiger partial charge in [0.1, 0.15) is 5.52 Å². The Labute approximate surface area is 109 Å². The Bertz CT molecular complexity index is 795. The summed E-state index contributed by atoms with van der Waals surface area (Å²) in [5, 5.41) is 8.56. The van der Waals surface area contributed by atoms with Gasteiger partial charge in [-0.05, 0) is 29.8 Å². The number of nitrogen functional groups attached to an aromatic ring is 1. The second-order valence-corrected chi connectivity index (χ2v) is 4.31. The van der Waals surface area contributed by atoms with Crippen molar-refractivity contribution in [3.63, 3.8) is 0 Å². The Morgan fingerprint density at radius 3 is 2.79 bits per heavy atom. The molecule has 94 valence electrons. The van der Waals surface area contributed by atoms with Gasteiger partial charge in [-0.3, -0.25) is 4.79 Å². The number of rotatable bonds is 2. The molecule has 1 heterocycles. The zero-order chi connectivity index (χ0) is 13.2. The molecule has 5 heteroatoms. The zero-order valence-electron chi connectivity index (χ0n) is 10.2. The monoisotopic (exact) mass is 252 g/mol. The summed E-state index contributed by atoms with van der Waals surface area (Å²) in [5.74, 6) is 0. The van der Waals surface area contributed by atoms with Crippen LogP contribution in [0.1, 0.15) is 5.56 Å². The SMILES string of the molecule is Nc1cccc(Cn2nnc3ccccc3c2=O)c1. The van der Waals surface area contributed by atoms with Gasteiger partial charge in [0.25, 0.3) is 5.56 Å². The molecular formula is C14H12N4O. The molecule has 2 N–H and O–H groups in total. The Kier molecular flexibility index (Phi) is 2.72. The molecule has 0 amide bonds. The van der Waals surface area contributed by atoms with E-state index in [1.807, 2.05) is 30.3 Å². The first-order chi connectivity index (χ1) is 9.24. The number of hydrogen-bond donors (Lipinski definition) is 1. The highest BCUT2D eigenvalue weighted by Gasteiger charge is 2.05. The van der Waals surface area contributed by atoms with E-state index in [1.165, 1.54) is 4.68 Å².